The highest BCUT2D eigenvalue weighted by atomic mass is 32.2. The molecule has 1 heterocycles. The largest absolute Gasteiger partial charge is 0.483 e. The Morgan fingerprint density at radius 1 is 1.29 bits per heavy atom. The maximum Gasteiger partial charge on any atom is 0.284 e. The van der Waals surface area contributed by atoms with E-state index in [1.165, 1.54) is 30.3 Å². The summed E-state index contributed by atoms with van der Waals surface area (Å²) in [6, 6.07) is 9.20. The van der Waals surface area contributed by atoms with E-state index in [0.29, 0.717) is 5.82 Å². The van der Waals surface area contributed by atoms with E-state index in [-0.39, 0.29) is 33.8 Å². The number of nitrogens with zero attached hydrogens (tertiary/aromatic N) is 4. The van der Waals surface area contributed by atoms with Crippen LogP contribution < -0.4 is 9.88 Å². The van der Waals surface area contributed by atoms with Crippen LogP contribution in [0.25, 0.3) is 0 Å². The summed E-state index contributed by atoms with van der Waals surface area (Å²) >= 11 is 0.909. The summed E-state index contributed by atoms with van der Waals surface area (Å²) in [5.74, 6) is -0.147. The highest BCUT2D eigenvalue weighted by Crippen LogP contribution is 2.35. The van der Waals surface area contributed by atoms with Crippen molar-refractivity contribution in [3.8, 4) is 5.75 Å². The normalized spacial score (nSPS) is 11.3. The number of nitro benzene ring substituents is 1. The van der Waals surface area contributed by atoms with E-state index in [1.807, 2.05) is 0 Å². The summed E-state index contributed by atoms with van der Waals surface area (Å²) in [5, 5.41) is 24.8. The molecule has 0 amide bonds. The van der Waals surface area contributed by atoms with Crippen molar-refractivity contribution in [3.05, 3.63) is 76.9 Å². The molecule has 0 unspecified atom stereocenters. The number of sulfonamides is 1. The molecule has 0 aliphatic carbocycles. The van der Waals surface area contributed by atoms with Crippen LogP contribution in [0.1, 0.15) is 5.82 Å². The van der Waals surface area contributed by atoms with Gasteiger partial charge in [0.2, 0.25) is 10.0 Å². The number of hydrogen-bond donors (Lipinski definition) is 1. The zero-order valence-corrected chi connectivity index (χ0v) is 17.5. The van der Waals surface area contributed by atoms with Gasteiger partial charge in [0.25, 0.3) is 5.69 Å². The molecule has 0 bridgehead atoms. The fourth-order valence-electron chi connectivity index (χ4n) is 2.52. The van der Waals surface area contributed by atoms with Crippen molar-refractivity contribution >= 4 is 27.5 Å². The third kappa shape index (κ3) is 5.25. The quantitative estimate of drug-likeness (QED) is 0.289. The van der Waals surface area contributed by atoms with Crippen LogP contribution in [0.2, 0.25) is 0 Å². The van der Waals surface area contributed by atoms with Crippen LogP contribution in [0.3, 0.4) is 0 Å². The number of primary sulfonamides is 1. The highest BCUT2D eigenvalue weighted by Gasteiger charge is 2.22. The second-order valence-corrected chi connectivity index (χ2v) is 8.62. The molecule has 0 aliphatic heterocycles. The molecule has 0 radical (unpaired) electrons. The maximum absolute atomic E-state index is 13.8. The summed E-state index contributed by atoms with van der Waals surface area (Å²) in [6.07, 6.45) is 1.57. The van der Waals surface area contributed by atoms with E-state index in [4.69, 9.17) is 9.88 Å². The molecule has 0 saturated carbocycles. The van der Waals surface area contributed by atoms with E-state index in [1.54, 1.807) is 16.7 Å². The first kappa shape index (κ1) is 22.4. The van der Waals surface area contributed by atoms with Gasteiger partial charge in [0.15, 0.2) is 22.5 Å². The zero-order chi connectivity index (χ0) is 22.6. The molecule has 2 N–H and O–H groups in total. The predicted molar refractivity (Wildman–Crippen MR) is 110 cm³/mol. The number of hydrogen-bond acceptors (Lipinski definition) is 8. The Morgan fingerprint density at radius 3 is 2.68 bits per heavy atom. The summed E-state index contributed by atoms with van der Waals surface area (Å²) in [7, 11) is -4.11. The maximum atomic E-state index is 13.8. The number of halogens is 1. The molecule has 0 spiro atoms. The van der Waals surface area contributed by atoms with Crippen LogP contribution in [-0.2, 0) is 23.2 Å². The average Bonchev–Trinajstić information content (AvgIpc) is 3.08. The van der Waals surface area contributed by atoms with Gasteiger partial charge < -0.3 is 4.74 Å². The van der Waals surface area contributed by atoms with Crippen molar-refractivity contribution in [2.75, 3.05) is 0 Å². The minimum absolute atomic E-state index is 0.0408. The van der Waals surface area contributed by atoms with Gasteiger partial charge in [-0.15, -0.1) is 16.8 Å². The summed E-state index contributed by atoms with van der Waals surface area (Å²) < 4.78 is 43.8. The molecule has 0 saturated heterocycles. The van der Waals surface area contributed by atoms with Crippen molar-refractivity contribution in [1.29, 1.82) is 0 Å². The fraction of sp³-hybridized carbons (Fsp3) is 0.111. The molecule has 31 heavy (non-hydrogen) atoms. The van der Waals surface area contributed by atoms with Gasteiger partial charge in [-0.3, -0.25) is 14.7 Å². The second kappa shape index (κ2) is 9.24. The van der Waals surface area contributed by atoms with Gasteiger partial charge in [0, 0.05) is 12.6 Å². The van der Waals surface area contributed by atoms with Crippen molar-refractivity contribution in [2.24, 2.45) is 5.14 Å². The molecular weight excluding hydrogens is 449 g/mol. The van der Waals surface area contributed by atoms with Crippen molar-refractivity contribution in [3.63, 3.8) is 0 Å². The SMILES string of the molecule is C=CCn1c(COc2ccccc2F)nnc1Sc1ccc(S(N)(=O)=O)cc1[N+](=O)[O-]. The number of allylic oxidation sites excluding steroid dienone is 1. The van der Waals surface area contributed by atoms with E-state index in [9.17, 15) is 22.9 Å². The molecule has 1 aromatic heterocycles. The highest BCUT2D eigenvalue weighted by molar-refractivity contribution is 7.99. The molecule has 3 aromatic rings. The fourth-order valence-corrected chi connectivity index (χ4v) is 4.00. The first-order valence-corrected chi connectivity index (χ1v) is 11.0. The van der Waals surface area contributed by atoms with Gasteiger partial charge in [-0.05, 0) is 36.0 Å². The molecule has 13 heteroatoms. The Balaban J connectivity index is 1.91. The van der Waals surface area contributed by atoms with Gasteiger partial charge >= 0.3 is 0 Å². The van der Waals surface area contributed by atoms with Crippen molar-refractivity contribution in [2.45, 2.75) is 28.1 Å². The van der Waals surface area contributed by atoms with Crippen LogP contribution in [0.15, 0.2) is 70.1 Å². The molecule has 2 aromatic carbocycles. The lowest BCUT2D eigenvalue weighted by Gasteiger charge is -2.10. The van der Waals surface area contributed by atoms with Crippen LogP contribution in [-0.4, -0.2) is 28.1 Å². The number of rotatable bonds is 9. The van der Waals surface area contributed by atoms with Gasteiger partial charge in [-0.1, -0.05) is 18.2 Å². The predicted octanol–water partition coefficient (Wildman–Crippen LogP) is 2.89. The molecular formula is C18H16FN5O5S2. The monoisotopic (exact) mass is 465 g/mol. The van der Waals surface area contributed by atoms with E-state index < -0.39 is 26.5 Å². The Bertz CT molecular complexity index is 1250. The molecule has 0 fully saturated rings. The van der Waals surface area contributed by atoms with Crippen LogP contribution in [0.4, 0.5) is 10.1 Å². The number of nitro groups is 1. The lowest BCUT2D eigenvalue weighted by molar-refractivity contribution is -0.388. The average molecular weight is 465 g/mol. The topological polar surface area (TPSA) is 143 Å². The van der Waals surface area contributed by atoms with E-state index in [0.717, 1.165) is 17.8 Å². The van der Waals surface area contributed by atoms with E-state index in [2.05, 4.69) is 16.8 Å². The smallest absolute Gasteiger partial charge is 0.284 e. The number of ether oxygens (including phenoxy) is 1. The van der Waals surface area contributed by atoms with Crippen molar-refractivity contribution in [1.82, 2.24) is 14.8 Å². The van der Waals surface area contributed by atoms with Gasteiger partial charge in [-0.25, -0.2) is 17.9 Å². The third-order valence-corrected chi connectivity index (χ3v) is 5.92. The van der Waals surface area contributed by atoms with Gasteiger partial charge in [0.05, 0.1) is 14.7 Å². The minimum atomic E-state index is -4.11. The molecule has 10 nitrogen and oxygen atoms in total. The molecule has 0 aliphatic rings. The second-order valence-electron chi connectivity index (χ2n) is 6.05. The standard InChI is InChI=1S/C18H16FN5O5S2/c1-2-9-23-17(11-29-15-6-4-3-5-13(15)19)21-22-18(23)30-16-8-7-12(31(20,27)28)10-14(16)24(25)26/h2-8,10H,1,9,11H2,(H2,20,27,28). The van der Waals surface area contributed by atoms with E-state index >= 15 is 0 Å². The number of para-hydroxylation sites is 1. The van der Waals surface area contributed by atoms with Gasteiger partial charge in [0.1, 0.15) is 6.61 Å². The minimum Gasteiger partial charge on any atom is -0.483 e. The zero-order valence-electron chi connectivity index (χ0n) is 15.8. The summed E-state index contributed by atoms with van der Waals surface area (Å²) in [6.45, 7) is 3.82. The van der Waals surface area contributed by atoms with Crippen LogP contribution in [0.5, 0.6) is 5.75 Å². The number of benzene rings is 2. The van der Waals surface area contributed by atoms with Crippen LogP contribution >= 0.6 is 11.8 Å². The Morgan fingerprint density at radius 2 is 2.03 bits per heavy atom. The molecule has 162 valence electrons. The Kier molecular flexibility index (Phi) is 6.68. The molecule has 0 atom stereocenters. The lowest BCUT2D eigenvalue weighted by Crippen LogP contribution is -2.12. The lowest BCUT2D eigenvalue weighted by atomic mass is 10.3. The van der Waals surface area contributed by atoms with Crippen molar-refractivity contribution < 1.29 is 22.5 Å². The molecule has 3 rings (SSSR count). The Hall–Kier alpha value is -3.29. The number of nitrogens with two attached hydrogens (primary N) is 1. The summed E-state index contributed by atoms with van der Waals surface area (Å²) in [4.78, 5) is 10.5. The first-order chi connectivity index (χ1) is 14.7. The van der Waals surface area contributed by atoms with Crippen LogP contribution in [0, 0.1) is 15.9 Å². The third-order valence-electron chi connectivity index (χ3n) is 3.96. The Labute approximate surface area is 180 Å². The van der Waals surface area contributed by atoms with Gasteiger partial charge in [-0.2, -0.15) is 0 Å². The summed E-state index contributed by atoms with van der Waals surface area (Å²) in [5.41, 5.74) is -0.450. The first-order valence-electron chi connectivity index (χ1n) is 8.60. The number of aromatic nitrogens is 3.